The van der Waals surface area contributed by atoms with Crippen molar-refractivity contribution in [3.05, 3.63) is 63.4 Å². The number of fused-ring (bicyclic) bond motifs is 1. The molecule has 126 valence electrons. The quantitative estimate of drug-likeness (QED) is 0.558. The van der Waals surface area contributed by atoms with Gasteiger partial charge in [-0.25, -0.2) is 4.52 Å². The number of rotatable bonds is 5. The van der Waals surface area contributed by atoms with Crippen LogP contribution in [0.1, 0.15) is 16.1 Å². The van der Waals surface area contributed by atoms with Gasteiger partial charge in [0.2, 0.25) is 4.96 Å². The highest BCUT2D eigenvalue weighted by Gasteiger charge is 2.12. The fourth-order valence-corrected chi connectivity index (χ4v) is 4.14. The van der Waals surface area contributed by atoms with Crippen molar-refractivity contribution in [2.24, 2.45) is 0 Å². The number of halogens is 1. The van der Waals surface area contributed by atoms with E-state index in [1.807, 2.05) is 27.4 Å². The second kappa shape index (κ2) is 6.95. The first kappa shape index (κ1) is 16.3. The number of carbonyl (C=O) groups is 1. The third-order valence-corrected chi connectivity index (χ3v) is 5.61. The SMILES string of the molecule is O=C(NCCc1csc2nc(-c3cccs3)nn12)c1cccc(Cl)c1. The third-order valence-electron chi connectivity index (χ3n) is 3.64. The Kier molecular flexibility index (Phi) is 4.52. The van der Waals surface area contributed by atoms with E-state index >= 15 is 0 Å². The normalized spacial score (nSPS) is 11.1. The predicted molar refractivity (Wildman–Crippen MR) is 102 cm³/mol. The van der Waals surface area contributed by atoms with Gasteiger partial charge in [0.15, 0.2) is 5.82 Å². The zero-order chi connectivity index (χ0) is 17.2. The van der Waals surface area contributed by atoms with Crippen molar-refractivity contribution >= 4 is 45.1 Å². The first-order valence-electron chi connectivity index (χ1n) is 7.61. The van der Waals surface area contributed by atoms with Crippen LogP contribution in [0.15, 0.2) is 47.2 Å². The molecule has 4 aromatic rings. The van der Waals surface area contributed by atoms with Crippen molar-refractivity contribution in [2.45, 2.75) is 6.42 Å². The summed E-state index contributed by atoms with van der Waals surface area (Å²) in [6.07, 6.45) is 0.680. The van der Waals surface area contributed by atoms with Crippen LogP contribution < -0.4 is 5.32 Å². The summed E-state index contributed by atoms with van der Waals surface area (Å²) in [4.78, 5) is 18.6. The van der Waals surface area contributed by atoms with Crippen LogP contribution in [-0.2, 0) is 6.42 Å². The van der Waals surface area contributed by atoms with Crippen molar-refractivity contribution in [2.75, 3.05) is 6.54 Å². The minimum atomic E-state index is -0.133. The summed E-state index contributed by atoms with van der Waals surface area (Å²) in [7, 11) is 0. The van der Waals surface area contributed by atoms with E-state index in [0.717, 1.165) is 21.4 Å². The van der Waals surface area contributed by atoms with E-state index in [4.69, 9.17) is 11.6 Å². The molecule has 4 rings (SSSR count). The molecule has 0 spiro atoms. The minimum Gasteiger partial charge on any atom is -0.352 e. The zero-order valence-electron chi connectivity index (χ0n) is 13.0. The molecule has 1 amide bonds. The number of carbonyl (C=O) groups excluding carboxylic acids is 1. The van der Waals surface area contributed by atoms with Crippen LogP contribution in [-0.4, -0.2) is 27.0 Å². The molecule has 1 aromatic carbocycles. The van der Waals surface area contributed by atoms with Crippen molar-refractivity contribution < 1.29 is 4.79 Å². The maximum Gasteiger partial charge on any atom is 0.251 e. The highest BCUT2D eigenvalue weighted by atomic mass is 35.5. The molecule has 3 heterocycles. The molecule has 5 nitrogen and oxygen atoms in total. The molecule has 0 atom stereocenters. The summed E-state index contributed by atoms with van der Waals surface area (Å²) in [5.41, 5.74) is 1.59. The van der Waals surface area contributed by atoms with Gasteiger partial charge in [-0.05, 0) is 29.6 Å². The maximum absolute atomic E-state index is 12.1. The Hall–Kier alpha value is -2.22. The molecule has 0 saturated carbocycles. The van der Waals surface area contributed by atoms with Crippen LogP contribution in [0.3, 0.4) is 0 Å². The Morgan fingerprint density at radius 2 is 2.16 bits per heavy atom. The first-order chi connectivity index (χ1) is 12.2. The molecule has 0 radical (unpaired) electrons. The molecule has 0 bridgehead atoms. The van der Waals surface area contributed by atoms with Gasteiger partial charge in [0.1, 0.15) is 0 Å². The van der Waals surface area contributed by atoms with Crippen LogP contribution in [0.2, 0.25) is 5.02 Å². The fourth-order valence-electron chi connectivity index (χ4n) is 2.44. The number of aromatic nitrogens is 3. The van der Waals surface area contributed by atoms with Crippen LogP contribution in [0.25, 0.3) is 15.7 Å². The zero-order valence-corrected chi connectivity index (χ0v) is 15.4. The monoisotopic (exact) mass is 388 g/mol. The maximum atomic E-state index is 12.1. The van der Waals surface area contributed by atoms with Gasteiger partial charge in [0, 0.05) is 28.9 Å². The Labute approximate surface area is 156 Å². The average molecular weight is 389 g/mol. The summed E-state index contributed by atoms with van der Waals surface area (Å²) in [5, 5.41) is 12.1. The summed E-state index contributed by atoms with van der Waals surface area (Å²) in [6.45, 7) is 0.519. The topological polar surface area (TPSA) is 59.3 Å². The number of hydrogen-bond donors (Lipinski definition) is 1. The van der Waals surface area contributed by atoms with Gasteiger partial charge in [-0.1, -0.05) is 23.7 Å². The lowest BCUT2D eigenvalue weighted by Crippen LogP contribution is -2.26. The summed E-state index contributed by atoms with van der Waals surface area (Å²) < 4.78 is 1.85. The van der Waals surface area contributed by atoms with Crippen molar-refractivity contribution in [3.8, 4) is 10.7 Å². The molecule has 0 aliphatic rings. The second-order valence-corrected chi connectivity index (χ2v) is 7.57. The molecule has 0 aliphatic carbocycles. The van der Waals surface area contributed by atoms with E-state index < -0.39 is 0 Å². The second-order valence-electron chi connectivity index (χ2n) is 5.35. The van der Waals surface area contributed by atoms with Crippen LogP contribution in [0, 0.1) is 0 Å². The minimum absolute atomic E-state index is 0.133. The molecule has 0 fully saturated rings. The molecule has 0 aliphatic heterocycles. The van der Waals surface area contributed by atoms with E-state index in [1.165, 1.54) is 0 Å². The number of hydrogen-bond acceptors (Lipinski definition) is 5. The van der Waals surface area contributed by atoms with Gasteiger partial charge >= 0.3 is 0 Å². The largest absolute Gasteiger partial charge is 0.352 e. The predicted octanol–water partition coefficient (Wildman–Crippen LogP) is 4.15. The Morgan fingerprint density at radius 1 is 1.24 bits per heavy atom. The van der Waals surface area contributed by atoms with E-state index in [2.05, 4.69) is 15.4 Å². The highest BCUT2D eigenvalue weighted by Crippen LogP contribution is 2.24. The van der Waals surface area contributed by atoms with E-state index in [0.29, 0.717) is 23.6 Å². The van der Waals surface area contributed by atoms with Gasteiger partial charge < -0.3 is 5.32 Å². The van der Waals surface area contributed by atoms with E-state index in [1.54, 1.807) is 46.9 Å². The number of nitrogens with zero attached hydrogens (tertiary/aromatic N) is 3. The lowest BCUT2D eigenvalue weighted by atomic mass is 10.2. The summed E-state index contributed by atoms with van der Waals surface area (Å²) >= 11 is 9.09. The lowest BCUT2D eigenvalue weighted by molar-refractivity contribution is 0.0954. The smallest absolute Gasteiger partial charge is 0.251 e. The van der Waals surface area contributed by atoms with Crippen LogP contribution in [0.5, 0.6) is 0 Å². The van der Waals surface area contributed by atoms with Crippen LogP contribution >= 0.6 is 34.3 Å². The molecule has 3 aromatic heterocycles. The Bertz CT molecular complexity index is 1020. The number of thiophene rings is 1. The van der Waals surface area contributed by atoms with Crippen molar-refractivity contribution in [3.63, 3.8) is 0 Å². The van der Waals surface area contributed by atoms with Gasteiger partial charge in [0.25, 0.3) is 5.91 Å². The number of amides is 1. The molecule has 25 heavy (non-hydrogen) atoms. The molecule has 1 N–H and O–H groups in total. The molecule has 0 saturated heterocycles. The van der Waals surface area contributed by atoms with E-state index in [9.17, 15) is 4.79 Å². The average Bonchev–Trinajstić information content (AvgIpc) is 3.32. The van der Waals surface area contributed by atoms with Gasteiger partial charge in [0.05, 0.1) is 10.6 Å². The lowest BCUT2D eigenvalue weighted by Gasteiger charge is -2.05. The van der Waals surface area contributed by atoms with Gasteiger partial charge in [-0.3, -0.25) is 4.79 Å². The van der Waals surface area contributed by atoms with Crippen LogP contribution in [0.4, 0.5) is 0 Å². The van der Waals surface area contributed by atoms with Gasteiger partial charge in [-0.2, -0.15) is 4.98 Å². The van der Waals surface area contributed by atoms with Gasteiger partial charge in [-0.15, -0.1) is 27.8 Å². The number of nitrogens with one attached hydrogen (secondary N) is 1. The Balaban J connectivity index is 1.43. The number of benzene rings is 1. The highest BCUT2D eigenvalue weighted by molar-refractivity contribution is 7.15. The number of thiazole rings is 1. The standard InChI is InChI=1S/C17H13ClN4OS2/c18-12-4-1-3-11(9-12)16(23)19-7-6-13-10-25-17-20-15(21-22(13)17)14-5-2-8-24-14/h1-5,8-10H,6-7H2,(H,19,23). The molecule has 0 unspecified atom stereocenters. The van der Waals surface area contributed by atoms with Crippen molar-refractivity contribution in [1.29, 1.82) is 0 Å². The molecular formula is C17H13ClN4OS2. The Morgan fingerprint density at radius 3 is 2.96 bits per heavy atom. The first-order valence-corrected chi connectivity index (χ1v) is 9.75. The summed E-state index contributed by atoms with van der Waals surface area (Å²) in [5.74, 6) is 0.609. The third kappa shape index (κ3) is 3.44. The molecular weight excluding hydrogens is 376 g/mol. The summed E-state index contributed by atoms with van der Waals surface area (Å²) in [6, 6.07) is 10.9. The molecule has 8 heteroatoms. The fraction of sp³-hybridized carbons (Fsp3) is 0.118. The van der Waals surface area contributed by atoms with E-state index in [-0.39, 0.29) is 5.91 Å². The van der Waals surface area contributed by atoms with Crippen molar-refractivity contribution in [1.82, 2.24) is 19.9 Å².